The third-order valence-corrected chi connectivity index (χ3v) is 3.84. The van der Waals surface area contributed by atoms with Crippen LogP contribution in [-0.4, -0.2) is 22.7 Å². The van der Waals surface area contributed by atoms with Gasteiger partial charge in [-0.2, -0.15) is 0 Å². The number of hydrogen-bond donors (Lipinski definition) is 2. The molecule has 1 heterocycles. The topological polar surface area (TPSA) is 67.0 Å². The number of nitrogens with one attached hydrogen (secondary N) is 2. The van der Waals surface area contributed by atoms with Crippen LogP contribution in [0, 0.1) is 0 Å². The molecule has 5 heteroatoms. The highest BCUT2D eigenvalue weighted by Crippen LogP contribution is 2.06. The molecule has 0 atom stereocenters. The van der Waals surface area contributed by atoms with E-state index >= 15 is 0 Å². The van der Waals surface area contributed by atoms with E-state index in [1.807, 2.05) is 24.4 Å². The zero-order chi connectivity index (χ0) is 17.0. The number of aromatic amines is 1. The van der Waals surface area contributed by atoms with Gasteiger partial charge < -0.3 is 15.0 Å². The summed E-state index contributed by atoms with van der Waals surface area (Å²) >= 11 is 0. The van der Waals surface area contributed by atoms with Gasteiger partial charge in [0.05, 0.1) is 13.2 Å². The predicted molar refractivity (Wildman–Crippen MR) is 94.8 cm³/mol. The van der Waals surface area contributed by atoms with Gasteiger partial charge in [0.1, 0.15) is 5.82 Å². The molecule has 0 aliphatic heterocycles. The Labute approximate surface area is 143 Å². The Hall–Kier alpha value is -2.30. The number of unbranched alkanes of at least 4 members (excludes halogenated alkanes) is 3. The van der Waals surface area contributed by atoms with Crippen molar-refractivity contribution in [1.29, 1.82) is 0 Å². The smallest absolute Gasteiger partial charge is 0.407 e. The second kappa shape index (κ2) is 10.5. The summed E-state index contributed by atoms with van der Waals surface area (Å²) in [6, 6.07) is 10.4. The fraction of sp³-hybridized carbons (Fsp3) is 0.474. The highest BCUT2D eigenvalue weighted by atomic mass is 16.5. The van der Waals surface area contributed by atoms with Crippen molar-refractivity contribution in [1.82, 2.24) is 15.3 Å². The minimum absolute atomic E-state index is 0.360. The molecule has 0 saturated carbocycles. The summed E-state index contributed by atoms with van der Waals surface area (Å²) in [5.41, 5.74) is 2.38. The maximum absolute atomic E-state index is 11.6. The normalized spacial score (nSPS) is 10.5. The number of imidazole rings is 1. The SMILES string of the molecule is CCCCCCOC(=O)NCc1ncc(CCc2ccccc2)[nH]1. The average Bonchev–Trinajstić information content (AvgIpc) is 3.07. The molecule has 0 aliphatic rings. The lowest BCUT2D eigenvalue weighted by molar-refractivity contribution is 0.143. The van der Waals surface area contributed by atoms with Gasteiger partial charge in [0.15, 0.2) is 0 Å². The second-order valence-corrected chi connectivity index (χ2v) is 5.89. The molecule has 2 rings (SSSR count). The number of hydrogen-bond acceptors (Lipinski definition) is 3. The van der Waals surface area contributed by atoms with E-state index in [9.17, 15) is 4.79 Å². The molecule has 0 unspecified atom stereocenters. The summed E-state index contributed by atoms with van der Waals surface area (Å²) in [5.74, 6) is 0.751. The van der Waals surface area contributed by atoms with Crippen LogP contribution < -0.4 is 5.32 Å². The van der Waals surface area contributed by atoms with Crippen LogP contribution in [0.5, 0.6) is 0 Å². The first-order valence-corrected chi connectivity index (χ1v) is 8.75. The molecule has 130 valence electrons. The molecule has 2 N–H and O–H groups in total. The Morgan fingerprint density at radius 2 is 2.00 bits per heavy atom. The van der Waals surface area contributed by atoms with Crippen molar-refractivity contribution in [3.63, 3.8) is 0 Å². The minimum Gasteiger partial charge on any atom is -0.450 e. The van der Waals surface area contributed by atoms with Crippen molar-refractivity contribution >= 4 is 6.09 Å². The van der Waals surface area contributed by atoms with Gasteiger partial charge >= 0.3 is 6.09 Å². The Balaban J connectivity index is 1.63. The van der Waals surface area contributed by atoms with E-state index in [2.05, 4.69) is 34.3 Å². The third kappa shape index (κ3) is 6.86. The van der Waals surface area contributed by atoms with Crippen LogP contribution >= 0.6 is 0 Å². The summed E-state index contributed by atoms with van der Waals surface area (Å²) < 4.78 is 5.13. The van der Waals surface area contributed by atoms with E-state index in [1.54, 1.807) is 0 Å². The quantitative estimate of drug-likeness (QED) is 0.647. The molecule has 0 aliphatic carbocycles. The van der Waals surface area contributed by atoms with Crippen LogP contribution in [0.2, 0.25) is 0 Å². The molecule has 0 bridgehead atoms. The molecule has 0 fully saturated rings. The van der Waals surface area contributed by atoms with Gasteiger partial charge in [-0.05, 0) is 24.8 Å². The maximum Gasteiger partial charge on any atom is 0.407 e. The Kier molecular flexibility index (Phi) is 7.87. The second-order valence-electron chi connectivity index (χ2n) is 5.89. The summed E-state index contributed by atoms with van der Waals surface area (Å²) in [4.78, 5) is 19.1. The van der Waals surface area contributed by atoms with Crippen LogP contribution in [0.25, 0.3) is 0 Å². The largest absolute Gasteiger partial charge is 0.450 e. The molecule has 0 saturated heterocycles. The number of carbonyl (C=O) groups excluding carboxylic acids is 1. The summed E-state index contributed by atoms with van der Waals surface area (Å²) in [6.45, 7) is 3.00. The zero-order valence-corrected chi connectivity index (χ0v) is 14.4. The number of ether oxygens (including phenoxy) is 1. The van der Waals surface area contributed by atoms with Gasteiger partial charge in [-0.3, -0.25) is 0 Å². The standard InChI is InChI=1S/C19H27N3O2/c1-2-3-4-8-13-24-19(23)21-15-18-20-14-17(22-18)12-11-16-9-6-5-7-10-16/h5-7,9-10,14H,2-4,8,11-13,15H2,1H3,(H,20,22)(H,21,23). The number of amides is 1. The molecule has 0 spiro atoms. The van der Waals surface area contributed by atoms with Crippen molar-refractivity contribution in [2.45, 2.75) is 52.0 Å². The summed E-state index contributed by atoms with van der Waals surface area (Å²) in [7, 11) is 0. The Morgan fingerprint density at radius 3 is 2.79 bits per heavy atom. The number of alkyl carbamates (subject to hydrolysis) is 1. The number of H-pyrrole nitrogens is 1. The first-order chi connectivity index (χ1) is 11.8. The van der Waals surface area contributed by atoms with Gasteiger partial charge in [-0.25, -0.2) is 9.78 Å². The average molecular weight is 329 g/mol. The molecule has 1 amide bonds. The van der Waals surface area contributed by atoms with E-state index < -0.39 is 0 Å². The number of benzene rings is 1. The molecular weight excluding hydrogens is 302 g/mol. The van der Waals surface area contributed by atoms with Gasteiger partial charge in [-0.1, -0.05) is 56.5 Å². The molecule has 1 aromatic heterocycles. The molecule has 0 radical (unpaired) electrons. The number of rotatable bonds is 10. The Bertz CT molecular complexity index is 596. The van der Waals surface area contributed by atoms with Gasteiger partial charge in [-0.15, -0.1) is 0 Å². The van der Waals surface area contributed by atoms with Crippen molar-refractivity contribution in [3.8, 4) is 0 Å². The van der Waals surface area contributed by atoms with Gasteiger partial charge in [0, 0.05) is 11.9 Å². The lowest BCUT2D eigenvalue weighted by Crippen LogP contribution is -2.24. The molecule has 5 nitrogen and oxygen atoms in total. The van der Waals surface area contributed by atoms with Crippen molar-refractivity contribution in [2.75, 3.05) is 6.61 Å². The lowest BCUT2D eigenvalue weighted by Gasteiger charge is -2.05. The maximum atomic E-state index is 11.6. The molecule has 2 aromatic rings. The van der Waals surface area contributed by atoms with Crippen molar-refractivity contribution < 1.29 is 9.53 Å². The van der Waals surface area contributed by atoms with E-state index in [-0.39, 0.29) is 6.09 Å². The molecule has 1 aromatic carbocycles. The van der Waals surface area contributed by atoms with Gasteiger partial charge in [0.2, 0.25) is 0 Å². The highest BCUT2D eigenvalue weighted by Gasteiger charge is 2.05. The first kappa shape index (κ1) is 18.0. The van der Waals surface area contributed by atoms with Crippen LogP contribution in [0.1, 0.15) is 49.7 Å². The number of nitrogens with zero attached hydrogens (tertiary/aromatic N) is 1. The zero-order valence-electron chi connectivity index (χ0n) is 14.4. The predicted octanol–water partition coefficient (Wildman–Crippen LogP) is 4.00. The Morgan fingerprint density at radius 1 is 1.17 bits per heavy atom. The van der Waals surface area contributed by atoms with E-state index in [1.165, 1.54) is 18.4 Å². The molecular formula is C19H27N3O2. The van der Waals surface area contributed by atoms with E-state index in [0.717, 1.165) is 37.2 Å². The molecule has 24 heavy (non-hydrogen) atoms. The van der Waals surface area contributed by atoms with Crippen LogP contribution in [0.15, 0.2) is 36.5 Å². The number of carbonyl (C=O) groups is 1. The van der Waals surface area contributed by atoms with Gasteiger partial charge in [0.25, 0.3) is 0 Å². The lowest BCUT2D eigenvalue weighted by atomic mass is 10.1. The van der Waals surface area contributed by atoms with E-state index in [4.69, 9.17) is 4.74 Å². The number of aromatic nitrogens is 2. The minimum atomic E-state index is -0.381. The summed E-state index contributed by atoms with van der Waals surface area (Å²) in [6.07, 6.45) is 7.71. The fourth-order valence-corrected chi connectivity index (χ4v) is 2.45. The monoisotopic (exact) mass is 329 g/mol. The first-order valence-electron chi connectivity index (χ1n) is 8.75. The third-order valence-electron chi connectivity index (χ3n) is 3.84. The van der Waals surface area contributed by atoms with Crippen LogP contribution in [0.4, 0.5) is 4.79 Å². The van der Waals surface area contributed by atoms with Crippen LogP contribution in [-0.2, 0) is 24.1 Å². The van der Waals surface area contributed by atoms with E-state index in [0.29, 0.717) is 13.2 Å². The van der Waals surface area contributed by atoms with Crippen molar-refractivity contribution in [2.24, 2.45) is 0 Å². The summed E-state index contributed by atoms with van der Waals surface area (Å²) in [5, 5.41) is 2.72. The fourth-order valence-electron chi connectivity index (χ4n) is 2.45. The van der Waals surface area contributed by atoms with Crippen molar-refractivity contribution in [3.05, 3.63) is 53.6 Å². The highest BCUT2D eigenvalue weighted by molar-refractivity contribution is 5.66. The number of aryl methyl sites for hydroxylation is 2. The van der Waals surface area contributed by atoms with Crippen LogP contribution in [0.3, 0.4) is 0 Å².